The molecular formula is C12H21N3O2S2. The highest BCUT2D eigenvalue weighted by molar-refractivity contribution is 7.88. The normalized spacial score (nSPS) is 18.2. The molecule has 2 heterocycles. The zero-order chi connectivity index (χ0) is 14.0. The number of anilines is 1. The van der Waals surface area contributed by atoms with Gasteiger partial charge in [-0.15, -0.1) is 11.3 Å². The van der Waals surface area contributed by atoms with E-state index in [1.54, 1.807) is 18.4 Å². The summed E-state index contributed by atoms with van der Waals surface area (Å²) in [5.74, 6) is 0.456. The van der Waals surface area contributed by atoms with Gasteiger partial charge in [-0.3, -0.25) is 0 Å². The molecule has 7 heteroatoms. The number of piperidine rings is 1. The van der Waals surface area contributed by atoms with Crippen LogP contribution in [0.2, 0.25) is 0 Å². The van der Waals surface area contributed by atoms with Crippen molar-refractivity contribution < 1.29 is 8.42 Å². The van der Waals surface area contributed by atoms with E-state index in [0.29, 0.717) is 12.5 Å². The van der Waals surface area contributed by atoms with Gasteiger partial charge in [-0.05, 0) is 25.7 Å². The molecule has 1 aliphatic heterocycles. The SMILES string of the molecule is Cc1cnc(N2CCC(CN(C)S(C)(=O)=O)CC2)s1. The van der Waals surface area contributed by atoms with Crippen molar-refractivity contribution in [2.75, 3.05) is 37.8 Å². The zero-order valence-electron chi connectivity index (χ0n) is 11.7. The molecule has 0 bridgehead atoms. The number of hydrogen-bond donors (Lipinski definition) is 0. The molecule has 0 unspecified atom stereocenters. The van der Waals surface area contributed by atoms with E-state index >= 15 is 0 Å². The van der Waals surface area contributed by atoms with E-state index in [1.807, 2.05) is 6.20 Å². The Balaban J connectivity index is 1.86. The maximum absolute atomic E-state index is 11.4. The first kappa shape index (κ1) is 14.7. The van der Waals surface area contributed by atoms with Crippen molar-refractivity contribution in [1.29, 1.82) is 0 Å². The number of nitrogens with zero attached hydrogens (tertiary/aromatic N) is 3. The number of hydrogen-bond acceptors (Lipinski definition) is 5. The standard InChI is InChI=1S/C12H21N3O2S2/c1-10-8-13-12(18-10)15-6-4-11(5-7-15)9-14(2)19(3,16)17/h8,11H,4-7,9H2,1-3H3. The summed E-state index contributed by atoms with van der Waals surface area (Å²) in [6.45, 7) is 4.63. The van der Waals surface area contributed by atoms with Crippen molar-refractivity contribution >= 4 is 26.5 Å². The second-order valence-electron chi connectivity index (χ2n) is 5.23. The smallest absolute Gasteiger partial charge is 0.210 e. The Hall–Kier alpha value is -0.660. The minimum absolute atomic E-state index is 0.456. The lowest BCUT2D eigenvalue weighted by Gasteiger charge is -2.33. The van der Waals surface area contributed by atoms with Crippen LogP contribution >= 0.6 is 11.3 Å². The van der Waals surface area contributed by atoms with Gasteiger partial charge in [-0.25, -0.2) is 17.7 Å². The van der Waals surface area contributed by atoms with Crippen LogP contribution < -0.4 is 4.90 Å². The Morgan fingerprint density at radius 2 is 2.11 bits per heavy atom. The topological polar surface area (TPSA) is 53.5 Å². The van der Waals surface area contributed by atoms with Crippen LogP contribution in [0.5, 0.6) is 0 Å². The highest BCUT2D eigenvalue weighted by atomic mass is 32.2. The fourth-order valence-electron chi connectivity index (χ4n) is 2.29. The summed E-state index contributed by atoms with van der Waals surface area (Å²) in [6, 6.07) is 0. The molecule has 1 aromatic rings. The second-order valence-corrected chi connectivity index (χ2v) is 8.53. The molecule has 1 saturated heterocycles. The van der Waals surface area contributed by atoms with Gasteiger partial charge in [0, 0.05) is 37.8 Å². The lowest BCUT2D eigenvalue weighted by Crippen LogP contribution is -2.39. The molecule has 0 amide bonds. The molecule has 5 nitrogen and oxygen atoms in total. The fourth-order valence-corrected chi connectivity index (χ4v) is 3.59. The van der Waals surface area contributed by atoms with Gasteiger partial charge in [0.15, 0.2) is 5.13 Å². The number of thiazole rings is 1. The molecule has 2 rings (SSSR count). The first-order valence-electron chi connectivity index (χ1n) is 6.45. The molecule has 19 heavy (non-hydrogen) atoms. The van der Waals surface area contributed by atoms with Gasteiger partial charge in [-0.1, -0.05) is 0 Å². The average Bonchev–Trinajstić information content (AvgIpc) is 2.75. The first-order chi connectivity index (χ1) is 8.86. The number of aromatic nitrogens is 1. The summed E-state index contributed by atoms with van der Waals surface area (Å²) in [7, 11) is -1.40. The van der Waals surface area contributed by atoms with Gasteiger partial charge in [0.25, 0.3) is 0 Å². The largest absolute Gasteiger partial charge is 0.348 e. The highest BCUT2D eigenvalue weighted by Gasteiger charge is 2.24. The third-order valence-corrected chi connectivity index (χ3v) is 5.83. The summed E-state index contributed by atoms with van der Waals surface area (Å²) < 4.78 is 24.3. The maximum atomic E-state index is 11.4. The Morgan fingerprint density at radius 1 is 1.47 bits per heavy atom. The van der Waals surface area contributed by atoms with E-state index < -0.39 is 10.0 Å². The van der Waals surface area contributed by atoms with Crippen molar-refractivity contribution in [1.82, 2.24) is 9.29 Å². The number of aryl methyl sites for hydroxylation is 1. The van der Waals surface area contributed by atoms with Gasteiger partial charge in [-0.2, -0.15) is 0 Å². The van der Waals surface area contributed by atoms with Crippen molar-refractivity contribution in [2.24, 2.45) is 5.92 Å². The highest BCUT2D eigenvalue weighted by Crippen LogP contribution is 2.27. The molecule has 108 valence electrons. The molecule has 0 saturated carbocycles. The summed E-state index contributed by atoms with van der Waals surface area (Å²) in [5.41, 5.74) is 0. The number of rotatable bonds is 4. The molecule has 0 atom stereocenters. The van der Waals surface area contributed by atoms with Gasteiger partial charge in [0.1, 0.15) is 0 Å². The van der Waals surface area contributed by atoms with E-state index in [-0.39, 0.29) is 0 Å². The molecule has 1 aliphatic rings. The third kappa shape index (κ3) is 3.90. The summed E-state index contributed by atoms with van der Waals surface area (Å²) in [4.78, 5) is 7.93. The van der Waals surface area contributed by atoms with Gasteiger partial charge in [0.05, 0.1) is 6.26 Å². The molecular weight excluding hydrogens is 282 g/mol. The van der Waals surface area contributed by atoms with Crippen molar-refractivity contribution in [3.63, 3.8) is 0 Å². The van der Waals surface area contributed by atoms with Crippen LogP contribution in [-0.4, -0.2) is 50.6 Å². The summed E-state index contributed by atoms with van der Waals surface area (Å²) >= 11 is 1.72. The Bertz CT molecular complexity index is 519. The van der Waals surface area contributed by atoms with Crippen molar-refractivity contribution in [3.05, 3.63) is 11.1 Å². The van der Waals surface area contributed by atoms with Crippen LogP contribution in [0.15, 0.2) is 6.20 Å². The first-order valence-corrected chi connectivity index (χ1v) is 9.11. The minimum Gasteiger partial charge on any atom is -0.348 e. The minimum atomic E-state index is -3.06. The zero-order valence-corrected chi connectivity index (χ0v) is 13.3. The lowest BCUT2D eigenvalue weighted by atomic mass is 9.97. The third-order valence-electron chi connectivity index (χ3n) is 3.58. The van der Waals surface area contributed by atoms with Crippen molar-refractivity contribution in [3.8, 4) is 0 Å². The Labute approximate surface area is 119 Å². The van der Waals surface area contributed by atoms with Gasteiger partial charge < -0.3 is 4.90 Å². The maximum Gasteiger partial charge on any atom is 0.210 e. The molecule has 0 aliphatic carbocycles. The van der Waals surface area contributed by atoms with E-state index in [1.165, 1.54) is 15.4 Å². The van der Waals surface area contributed by atoms with Gasteiger partial charge in [0.2, 0.25) is 10.0 Å². The van der Waals surface area contributed by atoms with Crippen LogP contribution in [0.25, 0.3) is 0 Å². The van der Waals surface area contributed by atoms with E-state index in [2.05, 4.69) is 16.8 Å². The van der Waals surface area contributed by atoms with Crippen LogP contribution in [0.3, 0.4) is 0 Å². The van der Waals surface area contributed by atoms with E-state index in [9.17, 15) is 8.42 Å². The summed E-state index contributed by atoms with van der Waals surface area (Å²) in [6.07, 6.45) is 5.22. The van der Waals surface area contributed by atoms with Gasteiger partial charge >= 0.3 is 0 Å². The van der Waals surface area contributed by atoms with Crippen molar-refractivity contribution in [2.45, 2.75) is 19.8 Å². The van der Waals surface area contributed by atoms with Crippen LogP contribution in [-0.2, 0) is 10.0 Å². The molecule has 0 radical (unpaired) electrons. The molecule has 1 fully saturated rings. The predicted octanol–water partition coefficient (Wildman–Crippen LogP) is 1.56. The Kier molecular flexibility index (Phi) is 4.47. The molecule has 0 N–H and O–H groups in total. The summed E-state index contributed by atoms with van der Waals surface area (Å²) in [5, 5.41) is 1.09. The monoisotopic (exact) mass is 303 g/mol. The predicted molar refractivity (Wildman–Crippen MR) is 79.3 cm³/mol. The van der Waals surface area contributed by atoms with Crippen LogP contribution in [0, 0.1) is 12.8 Å². The fraction of sp³-hybridized carbons (Fsp3) is 0.750. The molecule has 0 aromatic carbocycles. The lowest BCUT2D eigenvalue weighted by molar-refractivity contribution is 0.329. The molecule has 1 aromatic heterocycles. The number of sulfonamides is 1. The van der Waals surface area contributed by atoms with Crippen LogP contribution in [0.4, 0.5) is 5.13 Å². The van der Waals surface area contributed by atoms with Crippen LogP contribution in [0.1, 0.15) is 17.7 Å². The second kappa shape index (κ2) is 5.76. The molecule has 0 spiro atoms. The average molecular weight is 303 g/mol. The van der Waals surface area contributed by atoms with E-state index in [0.717, 1.165) is 31.1 Å². The van der Waals surface area contributed by atoms with E-state index in [4.69, 9.17) is 0 Å². The quantitative estimate of drug-likeness (QED) is 0.847. The Morgan fingerprint density at radius 3 is 2.58 bits per heavy atom.